The lowest BCUT2D eigenvalue weighted by molar-refractivity contribution is -0.165. The number of nitrogens with one attached hydrogen (secondary N) is 1. The predicted octanol–water partition coefficient (Wildman–Crippen LogP) is 1.36. The highest BCUT2D eigenvalue weighted by atomic mass is 16.6. The molecule has 1 N–H and O–H groups in total. The molecule has 0 saturated carbocycles. The van der Waals surface area contributed by atoms with Crippen LogP contribution in [0.3, 0.4) is 0 Å². The fourth-order valence-electron chi connectivity index (χ4n) is 2.11. The number of amides is 1. The van der Waals surface area contributed by atoms with Gasteiger partial charge in [0.15, 0.2) is 11.6 Å². The summed E-state index contributed by atoms with van der Waals surface area (Å²) in [6.07, 6.45) is -0.993. The van der Waals surface area contributed by atoms with Gasteiger partial charge in [0.05, 0.1) is 7.11 Å². The van der Waals surface area contributed by atoms with Gasteiger partial charge in [-0.15, -0.1) is 0 Å². The topological polar surface area (TPSA) is 81.7 Å². The highest BCUT2D eigenvalue weighted by molar-refractivity contribution is 5.88. The fourth-order valence-corrected chi connectivity index (χ4v) is 2.11. The van der Waals surface area contributed by atoms with E-state index in [1.807, 2.05) is 0 Å². The minimum Gasteiger partial charge on any atom is -0.467 e. The molecule has 0 aliphatic carbocycles. The van der Waals surface area contributed by atoms with Crippen molar-refractivity contribution in [3.05, 3.63) is 35.9 Å². The number of carbonyl (C=O) groups excluding carboxylic acids is 3. The molecule has 2 atom stereocenters. The second kappa shape index (κ2) is 6.88. The van der Waals surface area contributed by atoms with Gasteiger partial charge in [-0.05, 0) is 12.5 Å². The van der Waals surface area contributed by atoms with Crippen molar-refractivity contribution in [1.82, 2.24) is 5.32 Å². The van der Waals surface area contributed by atoms with Crippen LogP contribution in [-0.2, 0) is 23.9 Å². The Hall–Kier alpha value is -2.37. The van der Waals surface area contributed by atoms with E-state index in [4.69, 9.17) is 9.47 Å². The number of carbonyl (C=O) groups is 3. The molecule has 1 rings (SSSR count). The summed E-state index contributed by atoms with van der Waals surface area (Å²) < 4.78 is 10.0. The maximum absolute atomic E-state index is 12.1. The summed E-state index contributed by atoms with van der Waals surface area (Å²) in [5.74, 6) is -1.70. The van der Waals surface area contributed by atoms with Gasteiger partial charge in [0, 0.05) is 13.8 Å². The van der Waals surface area contributed by atoms with Crippen molar-refractivity contribution in [2.75, 3.05) is 7.11 Å². The smallest absolute Gasteiger partial charge is 0.335 e. The highest BCUT2D eigenvalue weighted by Gasteiger charge is 2.46. The van der Waals surface area contributed by atoms with Crippen molar-refractivity contribution in [3.8, 4) is 0 Å². The van der Waals surface area contributed by atoms with Gasteiger partial charge in [-0.25, -0.2) is 4.79 Å². The van der Waals surface area contributed by atoms with E-state index < -0.39 is 29.5 Å². The van der Waals surface area contributed by atoms with E-state index >= 15 is 0 Å². The fraction of sp³-hybridized carbons (Fsp3) is 0.400. The molecule has 0 spiro atoms. The predicted molar refractivity (Wildman–Crippen MR) is 75.2 cm³/mol. The summed E-state index contributed by atoms with van der Waals surface area (Å²) in [6, 6.07) is 8.70. The van der Waals surface area contributed by atoms with Crippen molar-refractivity contribution in [2.45, 2.75) is 32.4 Å². The van der Waals surface area contributed by atoms with E-state index in [2.05, 4.69) is 5.32 Å². The van der Waals surface area contributed by atoms with Crippen LogP contribution in [-0.4, -0.2) is 30.5 Å². The molecule has 21 heavy (non-hydrogen) atoms. The molecule has 0 fully saturated rings. The van der Waals surface area contributed by atoms with Gasteiger partial charge in [-0.3, -0.25) is 9.59 Å². The standard InChI is InChI=1S/C15H19NO5/c1-10(17)16-15(3,14(19)20-4)13(21-11(2)18)12-8-6-5-7-9-12/h5-9,13H,1-4H3,(H,16,17)/t13-,15+/m0/s1. The Labute approximate surface area is 123 Å². The Morgan fingerprint density at radius 2 is 1.71 bits per heavy atom. The first kappa shape index (κ1) is 16.7. The molecule has 1 aromatic carbocycles. The average Bonchev–Trinajstić information content (AvgIpc) is 2.43. The van der Waals surface area contributed by atoms with Gasteiger partial charge < -0.3 is 14.8 Å². The molecule has 114 valence electrons. The molecule has 6 nitrogen and oxygen atoms in total. The maximum Gasteiger partial charge on any atom is 0.335 e. The van der Waals surface area contributed by atoms with Crippen molar-refractivity contribution in [3.63, 3.8) is 0 Å². The normalized spacial score (nSPS) is 14.5. The zero-order chi connectivity index (χ0) is 16.0. The van der Waals surface area contributed by atoms with E-state index in [9.17, 15) is 14.4 Å². The maximum atomic E-state index is 12.1. The Balaban J connectivity index is 3.33. The molecule has 0 unspecified atom stereocenters. The van der Waals surface area contributed by atoms with Crippen LogP contribution in [0.25, 0.3) is 0 Å². The molecule has 0 saturated heterocycles. The second-order valence-electron chi connectivity index (χ2n) is 4.78. The number of esters is 2. The van der Waals surface area contributed by atoms with Crippen molar-refractivity contribution in [1.29, 1.82) is 0 Å². The SMILES string of the molecule is COC(=O)[C@](C)(NC(C)=O)[C@@H](OC(C)=O)c1ccccc1. The third-order valence-corrected chi connectivity index (χ3v) is 2.96. The Kier molecular flexibility index (Phi) is 5.46. The minimum atomic E-state index is -1.52. The summed E-state index contributed by atoms with van der Waals surface area (Å²) in [4.78, 5) is 35.0. The van der Waals surface area contributed by atoms with Crippen molar-refractivity contribution >= 4 is 17.8 Å². The zero-order valence-electron chi connectivity index (χ0n) is 12.5. The molecule has 0 radical (unpaired) electrons. The monoisotopic (exact) mass is 293 g/mol. The number of rotatable bonds is 5. The van der Waals surface area contributed by atoms with Gasteiger partial charge in [-0.1, -0.05) is 30.3 Å². The van der Waals surface area contributed by atoms with Crippen LogP contribution in [0.4, 0.5) is 0 Å². The Bertz CT molecular complexity index is 528. The van der Waals surface area contributed by atoms with Crippen LogP contribution in [0.2, 0.25) is 0 Å². The number of hydrogen-bond donors (Lipinski definition) is 1. The van der Waals surface area contributed by atoms with Crippen molar-refractivity contribution in [2.24, 2.45) is 0 Å². The van der Waals surface area contributed by atoms with Crippen molar-refractivity contribution < 1.29 is 23.9 Å². The van der Waals surface area contributed by atoms with Crippen LogP contribution in [0.1, 0.15) is 32.4 Å². The number of methoxy groups -OCH3 is 1. The Morgan fingerprint density at radius 1 is 1.14 bits per heavy atom. The number of hydrogen-bond acceptors (Lipinski definition) is 5. The molecule has 6 heteroatoms. The van der Waals surface area contributed by atoms with E-state index in [0.717, 1.165) is 0 Å². The quantitative estimate of drug-likeness (QED) is 0.829. The van der Waals surface area contributed by atoms with Crippen LogP contribution in [0, 0.1) is 0 Å². The molecule has 0 heterocycles. The van der Waals surface area contributed by atoms with E-state index in [1.54, 1.807) is 30.3 Å². The van der Waals surface area contributed by atoms with E-state index in [0.29, 0.717) is 5.56 Å². The Morgan fingerprint density at radius 3 is 2.14 bits per heavy atom. The van der Waals surface area contributed by atoms with Gasteiger partial charge in [0.25, 0.3) is 0 Å². The van der Waals surface area contributed by atoms with E-state index in [-0.39, 0.29) is 0 Å². The largest absolute Gasteiger partial charge is 0.467 e. The molecule has 0 aromatic heterocycles. The first-order chi connectivity index (χ1) is 9.81. The first-order valence-corrected chi connectivity index (χ1v) is 6.40. The lowest BCUT2D eigenvalue weighted by atomic mass is 9.88. The molecule has 1 aromatic rings. The van der Waals surface area contributed by atoms with Crippen LogP contribution < -0.4 is 5.32 Å². The van der Waals surface area contributed by atoms with Gasteiger partial charge in [0.2, 0.25) is 5.91 Å². The summed E-state index contributed by atoms with van der Waals surface area (Å²) in [5, 5.41) is 2.52. The summed E-state index contributed by atoms with van der Waals surface area (Å²) in [7, 11) is 1.21. The molecule has 0 aliphatic heterocycles. The van der Waals surface area contributed by atoms with Gasteiger partial charge in [0.1, 0.15) is 0 Å². The third-order valence-electron chi connectivity index (χ3n) is 2.96. The van der Waals surface area contributed by atoms with Crippen LogP contribution in [0.5, 0.6) is 0 Å². The zero-order valence-corrected chi connectivity index (χ0v) is 12.5. The second-order valence-corrected chi connectivity index (χ2v) is 4.78. The highest BCUT2D eigenvalue weighted by Crippen LogP contribution is 2.31. The third kappa shape index (κ3) is 4.05. The molecular formula is C15H19NO5. The van der Waals surface area contributed by atoms with Crippen LogP contribution >= 0.6 is 0 Å². The summed E-state index contributed by atoms with van der Waals surface area (Å²) in [6.45, 7) is 3.97. The lowest BCUT2D eigenvalue weighted by Crippen LogP contribution is -2.57. The molecule has 0 bridgehead atoms. The summed E-state index contributed by atoms with van der Waals surface area (Å²) >= 11 is 0. The van der Waals surface area contributed by atoms with Gasteiger partial charge >= 0.3 is 11.9 Å². The first-order valence-electron chi connectivity index (χ1n) is 6.40. The number of benzene rings is 1. The number of ether oxygens (including phenoxy) is 2. The lowest BCUT2D eigenvalue weighted by Gasteiger charge is -2.34. The van der Waals surface area contributed by atoms with Crippen LogP contribution in [0.15, 0.2) is 30.3 Å². The minimum absolute atomic E-state index is 0.434. The molecule has 0 aliphatic rings. The van der Waals surface area contributed by atoms with Gasteiger partial charge in [-0.2, -0.15) is 0 Å². The molecular weight excluding hydrogens is 274 g/mol. The molecule has 1 amide bonds. The summed E-state index contributed by atoms with van der Waals surface area (Å²) in [5.41, 5.74) is -0.942. The van der Waals surface area contributed by atoms with E-state index in [1.165, 1.54) is 27.9 Å². The average molecular weight is 293 g/mol.